The highest BCUT2D eigenvalue weighted by Gasteiger charge is 2.59. The lowest BCUT2D eigenvalue weighted by Gasteiger charge is -2.17. The van der Waals surface area contributed by atoms with Gasteiger partial charge in [0, 0.05) is 5.56 Å². The summed E-state index contributed by atoms with van der Waals surface area (Å²) in [5, 5.41) is 3.21. The third kappa shape index (κ3) is 2.50. The van der Waals surface area contributed by atoms with Crippen LogP contribution in [0.1, 0.15) is 16.8 Å². The molecule has 0 unspecified atom stereocenters. The maximum absolute atomic E-state index is 12.9. The fraction of sp³-hybridized carbons (Fsp3) is 0.227. The molecule has 2 aliphatic carbocycles. The van der Waals surface area contributed by atoms with Crippen LogP contribution < -0.4 is 10.2 Å². The van der Waals surface area contributed by atoms with Gasteiger partial charge in [-0.3, -0.25) is 19.3 Å². The molecule has 1 N–H and O–H groups in total. The summed E-state index contributed by atoms with van der Waals surface area (Å²) in [7, 11) is 0. The number of imide groups is 1. The average Bonchev–Trinajstić information content (AvgIpc) is 3.38. The molecule has 1 saturated heterocycles. The number of halogens is 1. The van der Waals surface area contributed by atoms with Gasteiger partial charge in [-0.1, -0.05) is 35.9 Å². The molecule has 3 amide bonds. The van der Waals surface area contributed by atoms with Gasteiger partial charge in [-0.2, -0.15) is 0 Å². The van der Waals surface area contributed by atoms with Crippen LogP contribution in [0.2, 0.25) is 5.02 Å². The molecule has 5 rings (SSSR count). The van der Waals surface area contributed by atoms with Gasteiger partial charge in [0.05, 0.1) is 28.2 Å². The third-order valence-corrected chi connectivity index (χ3v) is 6.31. The number of hydrogen-bond acceptors (Lipinski definition) is 3. The van der Waals surface area contributed by atoms with Crippen LogP contribution in [-0.4, -0.2) is 17.7 Å². The SMILES string of the molecule is O=C(Nc1ccccc1Cl)c1ccc(N2C(=O)[C@@H]3[C@@H](C2=O)[C@H]2C=C[C@H]3C2)cc1. The summed E-state index contributed by atoms with van der Waals surface area (Å²) < 4.78 is 0. The van der Waals surface area contributed by atoms with Gasteiger partial charge in [0.15, 0.2) is 0 Å². The van der Waals surface area contributed by atoms with Crippen molar-refractivity contribution in [3.05, 3.63) is 71.3 Å². The average molecular weight is 393 g/mol. The molecule has 0 radical (unpaired) electrons. The van der Waals surface area contributed by atoms with Crippen LogP contribution in [0.5, 0.6) is 0 Å². The molecule has 4 atom stereocenters. The van der Waals surface area contributed by atoms with E-state index in [9.17, 15) is 14.4 Å². The van der Waals surface area contributed by atoms with Crippen LogP contribution in [0.25, 0.3) is 0 Å². The Labute approximate surface area is 167 Å². The Morgan fingerprint density at radius 3 is 2.14 bits per heavy atom. The van der Waals surface area contributed by atoms with E-state index in [1.165, 1.54) is 4.90 Å². The maximum atomic E-state index is 12.9. The van der Waals surface area contributed by atoms with Crippen molar-refractivity contribution in [1.82, 2.24) is 0 Å². The molecule has 1 saturated carbocycles. The lowest BCUT2D eigenvalue weighted by atomic mass is 9.85. The Morgan fingerprint density at radius 1 is 0.929 bits per heavy atom. The lowest BCUT2D eigenvalue weighted by molar-refractivity contribution is -0.123. The molecular formula is C22H17ClN2O3. The van der Waals surface area contributed by atoms with Crippen molar-refractivity contribution in [3.8, 4) is 0 Å². The Bertz CT molecular complexity index is 1000. The number of rotatable bonds is 3. The molecule has 0 aromatic heterocycles. The van der Waals surface area contributed by atoms with Crippen LogP contribution in [0, 0.1) is 23.7 Å². The van der Waals surface area contributed by atoms with E-state index in [4.69, 9.17) is 11.6 Å². The Balaban J connectivity index is 1.36. The van der Waals surface area contributed by atoms with Crippen molar-refractivity contribution in [2.45, 2.75) is 6.42 Å². The number of carbonyl (C=O) groups excluding carboxylic acids is 3. The second-order valence-electron chi connectivity index (χ2n) is 7.49. The molecule has 1 heterocycles. The van der Waals surface area contributed by atoms with Crippen LogP contribution >= 0.6 is 11.6 Å². The van der Waals surface area contributed by atoms with Crippen LogP contribution in [-0.2, 0) is 9.59 Å². The van der Waals surface area contributed by atoms with Crippen molar-refractivity contribution in [1.29, 1.82) is 0 Å². The number of anilines is 2. The van der Waals surface area contributed by atoms with Gasteiger partial charge < -0.3 is 5.32 Å². The second-order valence-corrected chi connectivity index (χ2v) is 7.90. The van der Waals surface area contributed by atoms with Crippen LogP contribution in [0.3, 0.4) is 0 Å². The van der Waals surface area contributed by atoms with E-state index in [1.807, 2.05) is 0 Å². The van der Waals surface area contributed by atoms with Gasteiger partial charge in [-0.15, -0.1) is 0 Å². The zero-order valence-electron chi connectivity index (χ0n) is 14.8. The minimum absolute atomic E-state index is 0.125. The van der Waals surface area contributed by atoms with E-state index < -0.39 is 0 Å². The largest absolute Gasteiger partial charge is 0.321 e. The number of allylic oxidation sites excluding steroid dienone is 2. The Hall–Kier alpha value is -2.92. The molecule has 2 bridgehead atoms. The molecule has 0 spiro atoms. The molecule has 1 aliphatic heterocycles. The molecule has 2 fully saturated rings. The first kappa shape index (κ1) is 17.2. The topological polar surface area (TPSA) is 66.5 Å². The van der Waals surface area contributed by atoms with Gasteiger partial charge in [0.1, 0.15) is 0 Å². The van der Waals surface area contributed by atoms with E-state index in [1.54, 1.807) is 48.5 Å². The smallest absolute Gasteiger partial charge is 0.255 e. The third-order valence-electron chi connectivity index (χ3n) is 5.98. The molecule has 2 aromatic carbocycles. The number of amides is 3. The van der Waals surface area contributed by atoms with Crippen molar-refractivity contribution < 1.29 is 14.4 Å². The van der Waals surface area contributed by atoms with E-state index in [0.717, 1.165) is 6.42 Å². The summed E-state index contributed by atoms with van der Waals surface area (Å²) in [6, 6.07) is 13.5. The maximum Gasteiger partial charge on any atom is 0.255 e. The lowest BCUT2D eigenvalue weighted by Crippen LogP contribution is -2.32. The van der Waals surface area contributed by atoms with E-state index in [2.05, 4.69) is 17.5 Å². The van der Waals surface area contributed by atoms with Gasteiger partial charge in [0.25, 0.3) is 5.91 Å². The summed E-state index contributed by atoms with van der Waals surface area (Å²) in [4.78, 5) is 39.5. The number of nitrogens with zero attached hydrogens (tertiary/aromatic N) is 1. The highest BCUT2D eigenvalue weighted by molar-refractivity contribution is 6.33. The van der Waals surface area contributed by atoms with Crippen molar-refractivity contribution in [3.63, 3.8) is 0 Å². The highest BCUT2D eigenvalue weighted by Crippen LogP contribution is 2.53. The van der Waals surface area contributed by atoms with Gasteiger partial charge >= 0.3 is 0 Å². The van der Waals surface area contributed by atoms with E-state index in [0.29, 0.717) is 22.0 Å². The van der Waals surface area contributed by atoms with Crippen LogP contribution in [0.15, 0.2) is 60.7 Å². The zero-order chi connectivity index (χ0) is 19.4. The number of nitrogens with one attached hydrogen (secondary N) is 1. The fourth-order valence-corrected chi connectivity index (χ4v) is 4.86. The van der Waals surface area contributed by atoms with Crippen molar-refractivity contribution >= 4 is 40.7 Å². The summed E-state index contributed by atoms with van der Waals surface area (Å²) >= 11 is 6.07. The summed E-state index contributed by atoms with van der Waals surface area (Å²) in [5.74, 6) is -0.663. The molecule has 5 nitrogen and oxygen atoms in total. The molecular weight excluding hydrogens is 376 g/mol. The first-order chi connectivity index (χ1) is 13.5. The first-order valence-corrected chi connectivity index (χ1v) is 9.64. The zero-order valence-corrected chi connectivity index (χ0v) is 15.6. The number of hydrogen-bond donors (Lipinski definition) is 1. The number of carbonyl (C=O) groups is 3. The second kappa shape index (κ2) is 6.31. The summed E-state index contributed by atoms with van der Waals surface area (Å²) in [6.45, 7) is 0. The first-order valence-electron chi connectivity index (χ1n) is 9.26. The normalized spacial score (nSPS) is 27.4. The molecule has 2 aromatic rings. The summed E-state index contributed by atoms with van der Waals surface area (Å²) in [6.07, 6.45) is 5.05. The van der Waals surface area contributed by atoms with Gasteiger partial charge in [-0.05, 0) is 54.7 Å². The summed E-state index contributed by atoms with van der Waals surface area (Å²) in [5.41, 5.74) is 1.46. The minimum Gasteiger partial charge on any atom is -0.321 e. The monoisotopic (exact) mass is 392 g/mol. The molecule has 28 heavy (non-hydrogen) atoms. The van der Waals surface area contributed by atoms with Crippen molar-refractivity contribution in [2.24, 2.45) is 23.7 Å². The number of para-hydroxylation sites is 1. The quantitative estimate of drug-likeness (QED) is 0.636. The standard InChI is InChI=1S/C22H17ClN2O3/c23-16-3-1-2-4-17(16)24-20(26)12-7-9-15(10-8-12)25-21(27)18-13-5-6-14(11-13)19(18)22(25)28/h1-10,13-14,18-19H,11H2,(H,24,26)/t13-,14-,18-,19-/m0/s1. The Kier molecular flexibility index (Phi) is 3.88. The van der Waals surface area contributed by atoms with E-state index >= 15 is 0 Å². The van der Waals surface area contributed by atoms with Gasteiger partial charge in [0.2, 0.25) is 11.8 Å². The Morgan fingerprint density at radius 2 is 1.54 bits per heavy atom. The number of fused-ring (bicyclic) bond motifs is 5. The minimum atomic E-state index is -0.308. The van der Waals surface area contributed by atoms with Gasteiger partial charge in [-0.25, -0.2) is 0 Å². The molecule has 3 aliphatic rings. The number of benzene rings is 2. The highest BCUT2D eigenvalue weighted by atomic mass is 35.5. The molecule has 6 heteroatoms. The predicted molar refractivity (Wildman–Crippen MR) is 106 cm³/mol. The fourth-order valence-electron chi connectivity index (χ4n) is 4.68. The van der Waals surface area contributed by atoms with Crippen molar-refractivity contribution in [2.75, 3.05) is 10.2 Å². The predicted octanol–water partition coefficient (Wildman–Crippen LogP) is 3.90. The van der Waals surface area contributed by atoms with Crippen LogP contribution in [0.4, 0.5) is 11.4 Å². The molecule has 140 valence electrons. The van der Waals surface area contributed by atoms with E-state index in [-0.39, 0.29) is 41.4 Å².